The molecule has 0 spiro atoms. The average molecular weight is 260 g/mol. The number of nitrogens with zero attached hydrogens (tertiary/aromatic N) is 2. The Labute approximate surface area is 109 Å². The predicted molar refractivity (Wildman–Crippen MR) is 66.3 cm³/mol. The molecule has 19 heavy (non-hydrogen) atoms. The van der Waals surface area contributed by atoms with Crippen LogP contribution in [0.1, 0.15) is 35.8 Å². The highest BCUT2D eigenvalue weighted by molar-refractivity contribution is 5.93. The summed E-state index contributed by atoms with van der Waals surface area (Å²) in [5.74, 6) is -0.935. The number of cyclic esters (lactones) is 1. The van der Waals surface area contributed by atoms with E-state index in [2.05, 4.69) is 4.98 Å². The third-order valence-corrected chi connectivity index (χ3v) is 3.37. The van der Waals surface area contributed by atoms with Crippen LogP contribution >= 0.6 is 0 Å². The SMILES string of the molecule is CC1(C)OC(=O)c2cc(F)ccc2C1n1ccnc1. The first-order chi connectivity index (χ1) is 8.99. The van der Waals surface area contributed by atoms with Crippen LogP contribution in [-0.4, -0.2) is 21.1 Å². The molecular weight excluding hydrogens is 247 g/mol. The van der Waals surface area contributed by atoms with Gasteiger partial charge in [0.05, 0.1) is 17.9 Å². The maximum Gasteiger partial charge on any atom is 0.339 e. The number of hydrogen-bond acceptors (Lipinski definition) is 3. The van der Waals surface area contributed by atoms with Crippen LogP contribution in [0.3, 0.4) is 0 Å². The zero-order chi connectivity index (χ0) is 13.6. The topological polar surface area (TPSA) is 44.1 Å². The summed E-state index contributed by atoms with van der Waals surface area (Å²) in [4.78, 5) is 16.0. The number of imidazole rings is 1. The maximum absolute atomic E-state index is 13.3. The Bertz CT molecular complexity index is 635. The van der Waals surface area contributed by atoms with Crippen molar-refractivity contribution in [3.63, 3.8) is 0 Å². The van der Waals surface area contributed by atoms with Crippen molar-refractivity contribution >= 4 is 5.97 Å². The van der Waals surface area contributed by atoms with E-state index in [1.165, 1.54) is 12.1 Å². The van der Waals surface area contributed by atoms with E-state index in [1.807, 2.05) is 18.4 Å². The first-order valence-corrected chi connectivity index (χ1v) is 5.99. The van der Waals surface area contributed by atoms with Crippen LogP contribution in [0.2, 0.25) is 0 Å². The number of hydrogen-bond donors (Lipinski definition) is 0. The number of benzene rings is 1. The van der Waals surface area contributed by atoms with E-state index < -0.39 is 17.4 Å². The van der Waals surface area contributed by atoms with Crippen molar-refractivity contribution < 1.29 is 13.9 Å². The van der Waals surface area contributed by atoms with Crippen molar-refractivity contribution in [3.05, 3.63) is 53.9 Å². The Hall–Kier alpha value is -2.17. The summed E-state index contributed by atoms with van der Waals surface area (Å²) in [5.41, 5.74) is 0.307. The number of carbonyl (C=O) groups is 1. The molecule has 1 aromatic heterocycles. The molecule has 1 aliphatic rings. The molecule has 0 bridgehead atoms. The molecular formula is C14H13FN2O2. The second kappa shape index (κ2) is 3.91. The monoisotopic (exact) mass is 260 g/mol. The number of fused-ring (bicyclic) bond motifs is 1. The van der Waals surface area contributed by atoms with Crippen LogP contribution in [0, 0.1) is 5.82 Å². The van der Waals surface area contributed by atoms with Gasteiger partial charge in [-0.3, -0.25) is 0 Å². The summed E-state index contributed by atoms with van der Waals surface area (Å²) < 4.78 is 20.6. The largest absolute Gasteiger partial charge is 0.453 e. The summed E-state index contributed by atoms with van der Waals surface area (Å²) in [7, 11) is 0. The minimum Gasteiger partial charge on any atom is -0.453 e. The van der Waals surface area contributed by atoms with Crippen molar-refractivity contribution in [3.8, 4) is 0 Å². The van der Waals surface area contributed by atoms with Gasteiger partial charge in [0.15, 0.2) is 0 Å². The second-order valence-electron chi connectivity index (χ2n) is 5.14. The number of ether oxygens (including phenoxy) is 1. The lowest BCUT2D eigenvalue weighted by Crippen LogP contribution is -2.43. The van der Waals surface area contributed by atoms with Crippen molar-refractivity contribution in [2.45, 2.75) is 25.5 Å². The second-order valence-corrected chi connectivity index (χ2v) is 5.14. The molecule has 1 aliphatic heterocycles. The number of esters is 1. The summed E-state index contributed by atoms with van der Waals surface area (Å²) in [6.07, 6.45) is 5.13. The third-order valence-electron chi connectivity index (χ3n) is 3.37. The molecule has 98 valence electrons. The molecule has 1 unspecified atom stereocenters. The lowest BCUT2D eigenvalue weighted by atomic mass is 9.85. The van der Waals surface area contributed by atoms with E-state index in [1.54, 1.807) is 24.8 Å². The summed E-state index contributed by atoms with van der Waals surface area (Å²) in [5, 5.41) is 0. The van der Waals surface area contributed by atoms with Gasteiger partial charge in [0.1, 0.15) is 11.4 Å². The Morgan fingerprint density at radius 1 is 1.42 bits per heavy atom. The third kappa shape index (κ3) is 1.82. The summed E-state index contributed by atoms with van der Waals surface area (Å²) in [6.45, 7) is 3.67. The molecule has 2 aromatic rings. The molecule has 2 heterocycles. The van der Waals surface area contributed by atoms with Crippen LogP contribution in [0.5, 0.6) is 0 Å². The van der Waals surface area contributed by atoms with Crippen LogP contribution in [0.4, 0.5) is 4.39 Å². The number of aromatic nitrogens is 2. The molecule has 0 fully saturated rings. The average Bonchev–Trinajstić information content (AvgIpc) is 2.82. The van der Waals surface area contributed by atoms with Gasteiger partial charge in [-0.15, -0.1) is 0 Å². The lowest BCUT2D eigenvalue weighted by Gasteiger charge is -2.39. The van der Waals surface area contributed by atoms with E-state index in [0.29, 0.717) is 0 Å². The fourth-order valence-corrected chi connectivity index (χ4v) is 2.61. The quantitative estimate of drug-likeness (QED) is 0.740. The molecule has 0 amide bonds. The fourth-order valence-electron chi connectivity index (χ4n) is 2.61. The van der Waals surface area contributed by atoms with Crippen LogP contribution in [0.25, 0.3) is 0 Å². The number of halogens is 1. The van der Waals surface area contributed by atoms with Gasteiger partial charge in [-0.2, -0.15) is 0 Å². The molecule has 3 rings (SSSR count). The molecule has 0 saturated carbocycles. The van der Waals surface area contributed by atoms with Crippen molar-refractivity contribution in [2.24, 2.45) is 0 Å². The Morgan fingerprint density at radius 2 is 2.21 bits per heavy atom. The Balaban J connectivity index is 2.22. The highest BCUT2D eigenvalue weighted by Crippen LogP contribution is 2.39. The van der Waals surface area contributed by atoms with Gasteiger partial charge in [0, 0.05) is 12.4 Å². The molecule has 0 saturated heterocycles. The van der Waals surface area contributed by atoms with Gasteiger partial charge >= 0.3 is 5.97 Å². The van der Waals surface area contributed by atoms with E-state index in [-0.39, 0.29) is 11.6 Å². The molecule has 1 atom stereocenters. The number of rotatable bonds is 1. The minimum absolute atomic E-state index is 0.219. The lowest BCUT2D eigenvalue weighted by molar-refractivity contribution is -0.0262. The highest BCUT2D eigenvalue weighted by Gasteiger charge is 2.42. The van der Waals surface area contributed by atoms with E-state index in [0.717, 1.165) is 5.56 Å². The first-order valence-electron chi connectivity index (χ1n) is 5.99. The van der Waals surface area contributed by atoms with Gasteiger partial charge < -0.3 is 9.30 Å². The van der Waals surface area contributed by atoms with Gasteiger partial charge in [0.25, 0.3) is 0 Å². The van der Waals surface area contributed by atoms with Crippen LogP contribution in [0.15, 0.2) is 36.9 Å². The van der Waals surface area contributed by atoms with Crippen molar-refractivity contribution in [1.82, 2.24) is 9.55 Å². The molecule has 5 heteroatoms. The van der Waals surface area contributed by atoms with Crippen LogP contribution < -0.4 is 0 Å². The van der Waals surface area contributed by atoms with Crippen molar-refractivity contribution in [1.29, 1.82) is 0 Å². The van der Waals surface area contributed by atoms with Crippen molar-refractivity contribution in [2.75, 3.05) is 0 Å². The fraction of sp³-hybridized carbons (Fsp3) is 0.286. The highest BCUT2D eigenvalue weighted by atomic mass is 19.1. The van der Waals surface area contributed by atoms with Gasteiger partial charge in [-0.05, 0) is 31.5 Å². The maximum atomic E-state index is 13.3. The molecule has 4 nitrogen and oxygen atoms in total. The summed E-state index contributed by atoms with van der Waals surface area (Å²) in [6, 6.07) is 3.99. The van der Waals surface area contributed by atoms with Gasteiger partial charge in [-0.1, -0.05) is 6.07 Å². The van der Waals surface area contributed by atoms with Gasteiger partial charge in [0.2, 0.25) is 0 Å². The standard InChI is InChI=1S/C14H13FN2O2/c1-14(2)12(17-6-5-16-8-17)10-4-3-9(15)7-11(10)13(18)19-14/h3-8,12H,1-2H3. The Morgan fingerprint density at radius 3 is 2.89 bits per heavy atom. The smallest absolute Gasteiger partial charge is 0.339 e. The van der Waals surface area contributed by atoms with E-state index in [9.17, 15) is 9.18 Å². The van der Waals surface area contributed by atoms with Gasteiger partial charge in [-0.25, -0.2) is 14.2 Å². The molecule has 0 aliphatic carbocycles. The zero-order valence-corrected chi connectivity index (χ0v) is 10.6. The molecule has 0 radical (unpaired) electrons. The Kier molecular flexibility index (Phi) is 2.45. The van der Waals surface area contributed by atoms with Crippen LogP contribution in [-0.2, 0) is 4.74 Å². The zero-order valence-electron chi connectivity index (χ0n) is 10.6. The molecule has 1 aromatic carbocycles. The van der Waals surface area contributed by atoms with E-state index >= 15 is 0 Å². The van der Waals surface area contributed by atoms with E-state index in [4.69, 9.17) is 4.74 Å². The first kappa shape index (κ1) is 11.9. The number of carbonyl (C=O) groups excluding carboxylic acids is 1. The summed E-state index contributed by atoms with van der Waals surface area (Å²) >= 11 is 0. The molecule has 0 N–H and O–H groups in total. The minimum atomic E-state index is -0.720. The predicted octanol–water partition coefficient (Wildman–Crippen LogP) is 2.56. The normalized spacial score (nSPS) is 20.8.